The Kier molecular flexibility index (Phi) is 5.56. The Morgan fingerprint density at radius 2 is 1.98 bits per heavy atom. The largest absolute Gasteiger partial charge is 0.477 e. The first kappa shape index (κ1) is 25.7. The van der Waals surface area contributed by atoms with Crippen LogP contribution in [0.2, 0.25) is 0 Å². The molecule has 1 saturated heterocycles. The first-order valence-corrected chi connectivity index (χ1v) is 14.4. The SMILES string of the molecule is CC1(C)CC23CCCn4cc(c2n4)SNC(=O)c2ccc(-n4ccc(OCCC5(C(F)(F)F)CC5)n4)nc2N1C3. The van der Waals surface area contributed by atoms with Crippen molar-refractivity contribution >= 4 is 23.7 Å². The molecule has 0 aromatic carbocycles. The molecule has 1 saturated carbocycles. The van der Waals surface area contributed by atoms with E-state index >= 15 is 0 Å². The van der Waals surface area contributed by atoms with Crippen LogP contribution < -0.4 is 14.4 Å². The van der Waals surface area contributed by atoms with Crippen LogP contribution in [-0.2, 0) is 12.0 Å². The first-order valence-electron chi connectivity index (χ1n) is 13.6. The van der Waals surface area contributed by atoms with Crippen molar-refractivity contribution in [1.29, 1.82) is 0 Å². The standard InChI is InChI=1S/C27H30F3N7O2S/c1-24(2)15-25-7-3-11-35-14-18(21(25)33-35)40-34-23(38)17-4-5-19(31-22(17)36(24)16-25)37-12-6-20(32-37)39-13-10-26(8-9-26)27(28,29)30/h4-6,12,14H,3,7-11,13,15-16H2,1-2H3,(H,34,38). The molecule has 212 valence electrons. The highest BCUT2D eigenvalue weighted by molar-refractivity contribution is 7.98. The molecule has 0 radical (unpaired) electrons. The van der Waals surface area contributed by atoms with Crippen LogP contribution in [0, 0.1) is 5.41 Å². The molecular weight excluding hydrogens is 543 g/mol. The molecule has 4 aliphatic rings. The summed E-state index contributed by atoms with van der Waals surface area (Å²) >= 11 is 1.31. The van der Waals surface area contributed by atoms with E-state index in [1.807, 2.05) is 10.9 Å². The second-order valence-electron chi connectivity index (χ2n) is 12.1. The zero-order valence-corrected chi connectivity index (χ0v) is 23.1. The van der Waals surface area contributed by atoms with Gasteiger partial charge in [0.2, 0.25) is 5.88 Å². The average Bonchev–Trinajstić information content (AvgIpc) is 3.29. The van der Waals surface area contributed by atoms with E-state index in [9.17, 15) is 18.0 Å². The molecule has 2 fully saturated rings. The van der Waals surface area contributed by atoms with E-state index in [0.717, 1.165) is 36.4 Å². The molecule has 3 aromatic rings. The van der Waals surface area contributed by atoms with Gasteiger partial charge in [-0.1, -0.05) is 0 Å². The van der Waals surface area contributed by atoms with Crippen molar-refractivity contribution in [2.45, 2.75) is 80.9 Å². The number of alkyl halides is 3. The predicted molar refractivity (Wildman–Crippen MR) is 142 cm³/mol. The predicted octanol–water partition coefficient (Wildman–Crippen LogP) is 5.05. The van der Waals surface area contributed by atoms with Gasteiger partial charge in [0, 0.05) is 42.5 Å². The average molecular weight is 574 g/mol. The number of nitrogens with zero attached hydrogens (tertiary/aromatic N) is 6. The van der Waals surface area contributed by atoms with Gasteiger partial charge in [0.15, 0.2) is 5.82 Å². The number of hydrogen-bond donors (Lipinski definition) is 1. The van der Waals surface area contributed by atoms with E-state index < -0.39 is 11.6 Å². The molecule has 1 aliphatic carbocycles. The lowest BCUT2D eigenvalue weighted by Gasteiger charge is -2.34. The van der Waals surface area contributed by atoms with E-state index in [2.05, 4.69) is 28.6 Å². The summed E-state index contributed by atoms with van der Waals surface area (Å²) < 4.78 is 51.8. The lowest BCUT2D eigenvalue weighted by Crippen LogP contribution is -2.41. The molecule has 3 aliphatic heterocycles. The zero-order chi connectivity index (χ0) is 27.9. The van der Waals surface area contributed by atoms with Crippen molar-refractivity contribution in [3.8, 4) is 11.7 Å². The van der Waals surface area contributed by atoms with Crippen molar-refractivity contribution < 1.29 is 22.7 Å². The fourth-order valence-corrected chi connectivity index (χ4v) is 7.48. The second kappa shape index (κ2) is 8.64. The van der Waals surface area contributed by atoms with Crippen molar-refractivity contribution in [3.63, 3.8) is 0 Å². The Bertz CT molecular complexity index is 1500. The number of carbonyl (C=O) groups excluding carboxylic acids is 1. The maximum absolute atomic E-state index is 13.4. The van der Waals surface area contributed by atoms with Gasteiger partial charge < -0.3 is 9.64 Å². The zero-order valence-electron chi connectivity index (χ0n) is 22.3. The van der Waals surface area contributed by atoms with Gasteiger partial charge in [-0.25, -0.2) is 9.67 Å². The molecule has 1 amide bonds. The first-order chi connectivity index (χ1) is 19.0. The minimum atomic E-state index is -4.21. The third-order valence-corrected chi connectivity index (χ3v) is 9.74. The molecule has 1 N–H and O–H groups in total. The van der Waals surface area contributed by atoms with Crippen LogP contribution in [0.15, 0.2) is 35.5 Å². The normalized spacial score (nSPS) is 24.2. The van der Waals surface area contributed by atoms with Crippen LogP contribution in [0.4, 0.5) is 19.0 Å². The van der Waals surface area contributed by atoms with Gasteiger partial charge in [-0.2, -0.15) is 18.3 Å². The molecule has 6 heterocycles. The lowest BCUT2D eigenvalue weighted by atomic mass is 9.75. The van der Waals surface area contributed by atoms with Crippen LogP contribution in [-0.4, -0.2) is 55.3 Å². The number of nitrogens with one attached hydrogen (secondary N) is 1. The number of rotatable bonds is 5. The van der Waals surface area contributed by atoms with Crippen LogP contribution in [0.25, 0.3) is 5.82 Å². The summed E-state index contributed by atoms with van der Waals surface area (Å²) in [5, 5.41) is 9.35. The van der Waals surface area contributed by atoms with Gasteiger partial charge in [0.05, 0.1) is 28.2 Å². The summed E-state index contributed by atoms with van der Waals surface area (Å²) in [5.74, 6) is 1.05. The highest BCUT2D eigenvalue weighted by Crippen LogP contribution is 2.60. The van der Waals surface area contributed by atoms with Gasteiger partial charge in [-0.3, -0.25) is 14.2 Å². The fraction of sp³-hybridized carbons (Fsp3) is 0.556. The molecule has 4 bridgehead atoms. The number of hydrogen-bond acceptors (Lipinski definition) is 7. The van der Waals surface area contributed by atoms with Crippen molar-refractivity contribution in [2.75, 3.05) is 18.1 Å². The van der Waals surface area contributed by atoms with Crippen LogP contribution in [0.1, 0.15) is 68.4 Å². The summed E-state index contributed by atoms with van der Waals surface area (Å²) in [6.45, 7) is 5.84. The topological polar surface area (TPSA) is 90.1 Å². The third-order valence-electron chi connectivity index (χ3n) is 8.93. The molecule has 7 rings (SSSR count). The summed E-state index contributed by atoms with van der Waals surface area (Å²) in [6, 6.07) is 5.09. The molecule has 9 nitrogen and oxygen atoms in total. The molecule has 3 aromatic heterocycles. The van der Waals surface area contributed by atoms with E-state index in [1.54, 1.807) is 24.4 Å². The number of anilines is 1. The summed E-state index contributed by atoms with van der Waals surface area (Å²) in [5.41, 5.74) is -0.556. The van der Waals surface area contributed by atoms with Crippen LogP contribution in [0.3, 0.4) is 0 Å². The van der Waals surface area contributed by atoms with Gasteiger partial charge in [-0.05, 0) is 76.5 Å². The Morgan fingerprint density at radius 1 is 1.15 bits per heavy atom. The number of aromatic nitrogens is 5. The monoisotopic (exact) mass is 573 g/mol. The summed E-state index contributed by atoms with van der Waals surface area (Å²) in [7, 11) is 0. The van der Waals surface area contributed by atoms with Gasteiger partial charge >= 0.3 is 6.18 Å². The Balaban J connectivity index is 1.19. The smallest absolute Gasteiger partial charge is 0.394 e. The molecular formula is C27H30F3N7O2S. The lowest BCUT2D eigenvalue weighted by molar-refractivity contribution is -0.190. The maximum Gasteiger partial charge on any atom is 0.394 e. The van der Waals surface area contributed by atoms with Crippen LogP contribution >= 0.6 is 11.9 Å². The molecule has 1 unspecified atom stereocenters. The number of pyridine rings is 1. The summed E-state index contributed by atoms with van der Waals surface area (Å²) in [6.07, 6.45) is 2.61. The number of ether oxygens (including phenoxy) is 1. The third kappa shape index (κ3) is 4.07. The van der Waals surface area contributed by atoms with Crippen LogP contribution in [0.5, 0.6) is 5.88 Å². The van der Waals surface area contributed by atoms with Gasteiger partial charge in [0.25, 0.3) is 5.91 Å². The van der Waals surface area contributed by atoms with E-state index in [0.29, 0.717) is 23.7 Å². The molecule has 1 atom stereocenters. The van der Waals surface area contributed by atoms with E-state index in [1.165, 1.54) is 16.6 Å². The van der Waals surface area contributed by atoms with E-state index in [4.69, 9.17) is 14.8 Å². The van der Waals surface area contributed by atoms with Gasteiger partial charge in [0.1, 0.15) is 5.82 Å². The minimum absolute atomic E-state index is 0.0617. The fourth-order valence-electron chi connectivity index (χ4n) is 6.64. The number of aryl methyl sites for hydroxylation is 1. The van der Waals surface area contributed by atoms with Crippen molar-refractivity contribution in [1.82, 2.24) is 29.3 Å². The highest BCUT2D eigenvalue weighted by atomic mass is 32.2. The number of halogens is 3. The van der Waals surface area contributed by atoms with Crippen molar-refractivity contribution in [2.24, 2.45) is 5.41 Å². The number of amides is 1. The maximum atomic E-state index is 13.4. The highest BCUT2D eigenvalue weighted by Gasteiger charge is 2.62. The number of fused-ring (bicyclic) bond motifs is 4. The van der Waals surface area contributed by atoms with Crippen molar-refractivity contribution in [3.05, 3.63) is 41.9 Å². The summed E-state index contributed by atoms with van der Waals surface area (Å²) in [4.78, 5) is 21.5. The molecule has 13 heteroatoms. The Labute approximate surface area is 233 Å². The Hall–Kier alpha value is -3.22. The van der Waals surface area contributed by atoms with Gasteiger partial charge in [-0.15, -0.1) is 5.10 Å². The van der Waals surface area contributed by atoms with E-state index in [-0.39, 0.29) is 48.6 Å². The number of carbonyl (C=O) groups is 1. The molecule has 40 heavy (non-hydrogen) atoms. The Morgan fingerprint density at radius 3 is 2.75 bits per heavy atom. The second-order valence-corrected chi connectivity index (χ2v) is 13.0. The quantitative estimate of drug-likeness (QED) is 0.428. The molecule has 1 spiro atoms. The minimum Gasteiger partial charge on any atom is -0.477 e.